The normalized spacial score (nSPS) is 17.6. The van der Waals surface area contributed by atoms with Crippen LogP contribution in [0, 0.1) is 0 Å². The standard InChI is InChI=1S/C12H15ClN2O/c1-2-12(5-3-6-12)15-11(16)9-4-7-14-8-10(9)13/h4,7-8H,2-3,5-6H2,1H3,(H,15,16). The van der Waals surface area contributed by atoms with Crippen LogP contribution < -0.4 is 5.32 Å². The van der Waals surface area contributed by atoms with Crippen molar-refractivity contribution < 1.29 is 4.79 Å². The van der Waals surface area contributed by atoms with Gasteiger partial charge in [0.1, 0.15) is 0 Å². The number of hydrogen-bond acceptors (Lipinski definition) is 2. The van der Waals surface area contributed by atoms with E-state index in [2.05, 4.69) is 17.2 Å². The van der Waals surface area contributed by atoms with Gasteiger partial charge >= 0.3 is 0 Å². The lowest BCUT2D eigenvalue weighted by molar-refractivity contribution is 0.0820. The van der Waals surface area contributed by atoms with Gasteiger partial charge in [-0.25, -0.2) is 0 Å². The van der Waals surface area contributed by atoms with Crippen LogP contribution in [0.15, 0.2) is 18.5 Å². The Bertz CT molecular complexity index is 396. The van der Waals surface area contributed by atoms with E-state index in [4.69, 9.17) is 11.6 Å². The van der Waals surface area contributed by atoms with E-state index in [1.165, 1.54) is 12.6 Å². The van der Waals surface area contributed by atoms with Crippen molar-refractivity contribution >= 4 is 17.5 Å². The van der Waals surface area contributed by atoms with E-state index < -0.39 is 0 Å². The number of nitrogens with zero attached hydrogens (tertiary/aromatic N) is 1. The highest BCUT2D eigenvalue weighted by molar-refractivity contribution is 6.33. The molecule has 1 aromatic heterocycles. The Morgan fingerprint density at radius 2 is 2.38 bits per heavy atom. The number of hydrogen-bond donors (Lipinski definition) is 1. The summed E-state index contributed by atoms with van der Waals surface area (Å²) in [6.45, 7) is 2.10. The second-order valence-corrected chi connectivity index (χ2v) is 4.70. The van der Waals surface area contributed by atoms with E-state index >= 15 is 0 Å². The summed E-state index contributed by atoms with van der Waals surface area (Å²) in [5.74, 6) is -0.0889. The van der Waals surface area contributed by atoms with Crippen LogP contribution in [0.4, 0.5) is 0 Å². The highest BCUT2D eigenvalue weighted by Gasteiger charge is 2.36. The second kappa shape index (κ2) is 4.42. The van der Waals surface area contributed by atoms with E-state index in [1.54, 1.807) is 12.3 Å². The summed E-state index contributed by atoms with van der Waals surface area (Å²) in [5, 5.41) is 3.49. The molecule has 16 heavy (non-hydrogen) atoms. The summed E-state index contributed by atoms with van der Waals surface area (Å²) in [4.78, 5) is 15.9. The molecule has 2 rings (SSSR count). The molecule has 1 fully saturated rings. The second-order valence-electron chi connectivity index (χ2n) is 4.30. The molecule has 4 heteroatoms. The number of amides is 1. The first-order valence-corrected chi connectivity index (χ1v) is 5.97. The molecule has 1 amide bonds. The maximum Gasteiger partial charge on any atom is 0.253 e. The van der Waals surface area contributed by atoms with Crippen molar-refractivity contribution in [2.75, 3.05) is 0 Å². The molecular weight excluding hydrogens is 224 g/mol. The van der Waals surface area contributed by atoms with Gasteiger partial charge in [-0.1, -0.05) is 18.5 Å². The van der Waals surface area contributed by atoms with E-state index in [1.807, 2.05) is 0 Å². The van der Waals surface area contributed by atoms with Gasteiger partial charge < -0.3 is 5.32 Å². The molecule has 86 valence electrons. The Balaban J connectivity index is 2.11. The minimum absolute atomic E-state index is 0.00365. The van der Waals surface area contributed by atoms with Crippen molar-refractivity contribution in [2.24, 2.45) is 0 Å². The SMILES string of the molecule is CCC1(NC(=O)c2ccncc2Cl)CCC1. The number of nitrogens with one attached hydrogen (secondary N) is 1. The van der Waals surface area contributed by atoms with E-state index in [0.717, 1.165) is 19.3 Å². The molecule has 0 aromatic carbocycles. The van der Waals surface area contributed by atoms with Gasteiger partial charge in [0.2, 0.25) is 0 Å². The third kappa shape index (κ3) is 2.05. The summed E-state index contributed by atoms with van der Waals surface area (Å²) >= 11 is 5.93. The fourth-order valence-electron chi connectivity index (χ4n) is 2.04. The first-order valence-electron chi connectivity index (χ1n) is 5.59. The maximum absolute atomic E-state index is 12.0. The van der Waals surface area contributed by atoms with Crippen molar-refractivity contribution in [3.05, 3.63) is 29.0 Å². The number of carbonyl (C=O) groups excluding carboxylic acids is 1. The first kappa shape index (κ1) is 11.4. The molecule has 1 aliphatic rings. The zero-order valence-electron chi connectivity index (χ0n) is 9.29. The quantitative estimate of drug-likeness (QED) is 0.880. The van der Waals surface area contributed by atoms with E-state index in [-0.39, 0.29) is 11.4 Å². The predicted octanol–water partition coefficient (Wildman–Crippen LogP) is 2.80. The summed E-state index contributed by atoms with van der Waals surface area (Å²) in [7, 11) is 0. The summed E-state index contributed by atoms with van der Waals surface area (Å²) < 4.78 is 0. The molecule has 1 aliphatic carbocycles. The van der Waals surface area contributed by atoms with Gasteiger partial charge in [0.15, 0.2) is 0 Å². The van der Waals surface area contributed by atoms with Gasteiger partial charge in [0, 0.05) is 17.9 Å². The lowest BCUT2D eigenvalue weighted by atomic mass is 9.74. The third-order valence-corrected chi connectivity index (χ3v) is 3.68. The molecule has 0 bridgehead atoms. The Hall–Kier alpha value is -1.09. The molecule has 1 N–H and O–H groups in total. The van der Waals surface area contributed by atoms with Crippen LogP contribution in [0.2, 0.25) is 5.02 Å². The van der Waals surface area contributed by atoms with Crippen molar-refractivity contribution in [1.82, 2.24) is 10.3 Å². The van der Waals surface area contributed by atoms with Crippen LogP contribution in [-0.4, -0.2) is 16.4 Å². The van der Waals surface area contributed by atoms with E-state index in [9.17, 15) is 4.79 Å². The largest absolute Gasteiger partial charge is 0.347 e. The fourth-order valence-corrected chi connectivity index (χ4v) is 2.24. The molecule has 0 spiro atoms. The molecule has 1 saturated carbocycles. The zero-order chi connectivity index (χ0) is 11.6. The lowest BCUT2D eigenvalue weighted by Gasteiger charge is -2.42. The fraction of sp³-hybridized carbons (Fsp3) is 0.500. The third-order valence-electron chi connectivity index (χ3n) is 3.38. The summed E-state index contributed by atoms with van der Waals surface area (Å²) in [6.07, 6.45) is 7.38. The highest BCUT2D eigenvalue weighted by Crippen LogP contribution is 2.35. The van der Waals surface area contributed by atoms with Gasteiger partial charge in [-0.05, 0) is 31.7 Å². The number of rotatable bonds is 3. The van der Waals surface area contributed by atoms with E-state index in [0.29, 0.717) is 10.6 Å². The van der Waals surface area contributed by atoms with Crippen LogP contribution in [0.5, 0.6) is 0 Å². The van der Waals surface area contributed by atoms with Gasteiger partial charge in [-0.3, -0.25) is 9.78 Å². The number of halogens is 1. The Morgan fingerprint density at radius 1 is 1.62 bits per heavy atom. The molecular formula is C12H15ClN2O. The monoisotopic (exact) mass is 238 g/mol. The highest BCUT2D eigenvalue weighted by atomic mass is 35.5. The molecule has 0 atom stereocenters. The predicted molar refractivity (Wildman–Crippen MR) is 63.6 cm³/mol. The smallest absolute Gasteiger partial charge is 0.253 e. The molecule has 0 radical (unpaired) electrons. The minimum Gasteiger partial charge on any atom is -0.347 e. The Labute approximate surface area is 100 Å². The number of carbonyl (C=O) groups is 1. The van der Waals surface area contributed by atoms with Crippen molar-refractivity contribution in [1.29, 1.82) is 0 Å². The van der Waals surface area contributed by atoms with Crippen LogP contribution >= 0.6 is 11.6 Å². The van der Waals surface area contributed by atoms with Gasteiger partial charge in [-0.15, -0.1) is 0 Å². The molecule has 0 aliphatic heterocycles. The van der Waals surface area contributed by atoms with Crippen LogP contribution in [0.1, 0.15) is 43.0 Å². The maximum atomic E-state index is 12.0. The van der Waals surface area contributed by atoms with Crippen LogP contribution in [0.25, 0.3) is 0 Å². The molecule has 1 heterocycles. The van der Waals surface area contributed by atoms with Gasteiger partial charge in [-0.2, -0.15) is 0 Å². The van der Waals surface area contributed by atoms with Crippen LogP contribution in [0.3, 0.4) is 0 Å². The first-order chi connectivity index (χ1) is 7.67. The minimum atomic E-state index is -0.0889. The topological polar surface area (TPSA) is 42.0 Å². The van der Waals surface area contributed by atoms with Gasteiger partial charge in [0.25, 0.3) is 5.91 Å². The molecule has 0 unspecified atom stereocenters. The number of aromatic nitrogens is 1. The molecule has 3 nitrogen and oxygen atoms in total. The average Bonchev–Trinajstić information content (AvgIpc) is 2.24. The van der Waals surface area contributed by atoms with Crippen molar-refractivity contribution in [2.45, 2.75) is 38.1 Å². The Morgan fingerprint density at radius 3 is 2.88 bits per heavy atom. The number of pyridine rings is 1. The zero-order valence-corrected chi connectivity index (χ0v) is 10.0. The summed E-state index contributed by atoms with van der Waals surface area (Å²) in [6, 6.07) is 1.65. The lowest BCUT2D eigenvalue weighted by Crippen LogP contribution is -2.53. The average molecular weight is 239 g/mol. The van der Waals surface area contributed by atoms with Crippen LogP contribution in [-0.2, 0) is 0 Å². The molecule has 1 aromatic rings. The summed E-state index contributed by atoms with van der Waals surface area (Å²) in [5.41, 5.74) is 0.514. The molecule has 0 saturated heterocycles. The van der Waals surface area contributed by atoms with Crippen molar-refractivity contribution in [3.8, 4) is 0 Å². The van der Waals surface area contributed by atoms with Gasteiger partial charge in [0.05, 0.1) is 10.6 Å². The van der Waals surface area contributed by atoms with Crippen molar-refractivity contribution in [3.63, 3.8) is 0 Å². The Kier molecular flexibility index (Phi) is 3.15.